The van der Waals surface area contributed by atoms with E-state index in [-0.39, 0.29) is 5.82 Å². The van der Waals surface area contributed by atoms with Gasteiger partial charge in [0.25, 0.3) is 0 Å². The smallest absolute Gasteiger partial charge is 0.414 e. The van der Waals surface area contributed by atoms with E-state index < -0.39 is 23.9 Å². The van der Waals surface area contributed by atoms with Gasteiger partial charge in [-0.2, -0.15) is 0 Å². The number of oxime groups is 1. The summed E-state index contributed by atoms with van der Waals surface area (Å²) in [5, 5.41) is 33.8. The normalized spacial score (nSPS) is 10.1. The molecule has 0 aliphatic heterocycles. The van der Waals surface area contributed by atoms with Gasteiger partial charge in [0.2, 0.25) is 0 Å². The standard InChI is InChI=1S/C16H18FN3O.2C2H2O4/c1-20(2)10-11-21-19-16(14-4-3-9-18-12-14)13-5-7-15(17)8-6-13;2*3-1(4)2(5)6/h3-9,12H,10-11H2,1-2H3;2*(H,3,4)(H,5,6). The van der Waals surface area contributed by atoms with Crippen molar-refractivity contribution in [3.8, 4) is 0 Å². The maximum absolute atomic E-state index is 13.1. The number of rotatable bonds is 6. The second-order valence-corrected chi connectivity index (χ2v) is 6.05. The number of halogens is 1. The molecule has 0 amide bonds. The predicted octanol–water partition coefficient (Wildman–Crippen LogP) is 0.863. The molecule has 13 heteroatoms. The van der Waals surface area contributed by atoms with Crippen molar-refractivity contribution in [1.29, 1.82) is 0 Å². The van der Waals surface area contributed by atoms with Gasteiger partial charge in [-0.25, -0.2) is 23.6 Å². The fourth-order valence-corrected chi connectivity index (χ4v) is 1.72. The first-order chi connectivity index (χ1) is 15.5. The molecule has 0 unspecified atom stereocenters. The van der Waals surface area contributed by atoms with Crippen LogP contribution in [0.3, 0.4) is 0 Å². The molecule has 4 N–H and O–H groups in total. The van der Waals surface area contributed by atoms with Gasteiger partial charge in [-0.15, -0.1) is 0 Å². The average Bonchev–Trinajstić information content (AvgIpc) is 2.76. The summed E-state index contributed by atoms with van der Waals surface area (Å²) >= 11 is 0. The number of carboxylic acids is 4. The third kappa shape index (κ3) is 13.5. The quantitative estimate of drug-likeness (QED) is 0.204. The lowest BCUT2D eigenvalue weighted by atomic mass is 10.0. The van der Waals surface area contributed by atoms with Crippen molar-refractivity contribution >= 4 is 29.6 Å². The number of aliphatic carboxylic acids is 4. The van der Waals surface area contributed by atoms with Crippen LogP contribution < -0.4 is 0 Å². The Morgan fingerprint density at radius 2 is 1.42 bits per heavy atom. The first-order valence-electron chi connectivity index (χ1n) is 8.89. The number of pyridine rings is 1. The van der Waals surface area contributed by atoms with Crippen LogP contribution in [0.5, 0.6) is 0 Å². The Kier molecular flexibility index (Phi) is 13.4. The zero-order valence-corrected chi connectivity index (χ0v) is 17.6. The third-order valence-electron chi connectivity index (χ3n) is 3.20. The number of carbonyl (C=O) groups is 4. The Balaban J connectivity index is 0.000000705. The number of benzene rings is 1. The van der Waals surface area contributed by atoms with Gasteiger partial charge in [-0.1, -0.05) is 5.16 Å². The molecule has 1 aromatic heterocycles. The molecule has 2 aromatic rings. The zero-order valence-electron chi connectivity index (χ0n) is 17.6. The van der Waals surface area contributed by atoms with Crippen molar-refractivity contribution < 1.29 is 48.8 Å². The van der Waals surface area contributed by atoms with Gasteiger partial charge in [-0.05, 0) is 50.5 Å². The van der Waals surface area contributed by atoms with Gasteiger partial charge >= 0.3 is 23.9 Å². The molecule has 33 heavy (non-hydrogen) atoms. The minimum atomic E-state index is -1.82. The van der Waals surface area contributed by atoms with E-state index in [1.807, 2.05) is 31.1 Å². The Morgan fingerprint density at radius 1 is 0.909 bits per heavy atom. The van der Waals surface area contributed by atoms with Crippen LogP contribution >= 0.6 is 0 Å². The van der Waals surface area contributed by atoms with Crippen LogP contribution in [-0.4, -0.2) is 87.1 Å². The number of aromatic nitrogens is 1. The van der Waals surface area contributed by atoms with E-state index in [2.05, 4.69) is 10.1 Å². The highest BCUT2D eigenvalue weighted by Crippen LogP contribution is 2.11. The number of likely N-dealkylation sites (N-methyl/N-ethyl adjacent to an activating group) is 1. The monoisotopic (exact) mass is 467 g/mol. The molecule has 0 saturated carbocycles. The minimum absolute atomic E-state index is 0.280. The molecule has 1 heterocycles. The Morgan fingerprint density at radius 3 is 1.82 bits per heavy atom. The molecule has 0 fully saturated rings. The number of nitrogens with zero attached hydrogens (tertiary/aromatic N) is 3. The summed E-state index contributed by atoms with van der Waals surface area (Å²) in [6, 6.07) is 9.88. The van der Waals surface area contributed by atoms with Crippen LogP contribution in [0.25, 0.3) is 0 Å². The SMILES string of the molecule is CN(C)CCON=C(c1ccc(F)cc1)c1cccnc1.O=C(O)C(=O)O.O=C(O)C(=O)O. The van der Waals surface area contributed by atoms with Crippen molar-refractivity contribution in [2.45, 2.75) is 0 Å². The molecule has 0 bridgehead atoms. The van der Waals surface area contributed by atoms with Crippen LogP contribution in [0.2, 0.25) is 0 Å². The van der Waals surface area contributed by atoms with E-state index in [1.54, 1.807) is 24.5 Å². The average molecular weight is 467 g/mol. The van der Waals surface area contributed by atoms with Gasteiger partial charge in [0.1, 0.15) is 18.1 Å². The fourth-order valence-electron chi connectivity index (χ4n) is 1.72. The zero-order chi connectivity index (χ0) is 25.4. The van der Waals surface area contributed by atoms with Crippen molar-refractivity contribution in [1.82, 2.24) is 9.88 Å². The van der Waals surface area contributed by atoms with Gasteiger partial charge in [0.05, 0.1) is 0 Å². The lowest BCUT2D eigenvalue weighted by Crippen LogP contribution is -2.17. The molecule has 0 spiro atoms. The Hall–Kier alpha value is -4.39. The lowest BCUT2D eigenvalue weighted by Gasteiger charge is -2.10. The molecule has 0 aliphatic rings. The van der Waals surface area contributed by atoms with Gasteiger partial charge < -0.3 is 30.2 Å². The van der Waals surface area contributed by atoms with Crippen LogP contribution in [0, 0.1) is 5.82 Å². The molecule has 0 radical (unpaired) electrons. The minimum Gasteiger partial charge on any atom is -0.473 e. The number of carboxylic acid groups (broad SMARTS) is 4. The van der Waals surface area contributed by atoms with Crippen LogP contribution in [0.4, 0.5) is 4.39 Å². The highest BCUT2D eigenvalue weighted by molar-refractivity contribution is 6.27. The molecule has 2 rings (SSSR count). The lowest BCUT2D eigenvalue weighted by molar-refractivity contribution is -0.159. The van der Waals surface area contributed by atoms with Crippen LogP contribution in [0.1, 0.15) is 11.1 Å². The summed E-state index contributed by atoms with van der Waals surface area (Å²) in [6.45, 7) is 1.26. The molecular formula is C20H22FN3O9. The maximum atomic E-state index is 13.1. The van der Waals surface area contributed by atoms with Gasteiger partial charge in [0.15, 0.2) is 0 Å². The predicted molar refractivity (Wildman–Crippen MR) is 111 cm³/mol. The Labute approximate surface area is 187 Å². The van der Waals surface area contributed by atoms with E-state index in [4.69, 9.17) is 44.4 Å². The maximum Gasteiger partial charge on any atom is 0.414 e. The first kappa shape index (κ1) is 28.6. The second-order valence-electron chi connectivity index (χ2n) is 6.05. The highest BCUT2D eigenvalue weighted by Gasteiger charge is 2.08. The first-order valence-corrected chi connectivity index (χ1v) is 8.89. The Bertz CT molecular complexity index is 901. The summed E-state index contributed by atoms with van der Waals surface area (Å²) < 4.78 is 13.1. The summed E-state index contributed by atoms with van der Waals surface area (Å²) in [5.41, 5.74) is 2.25. The van der Waals surface area contributed by atoms with E-state index >= 15 is 0 Å². The van der Waals surface area contributed by atoms with Crippen molar-refractivity contribution in [3.05, 3.63) is 65.7 Å². The second kappa shape index (κ2) is 15.4. The van der Waals surface area contributed by atoms with E-state index in [0.717, 1.165) is 17.7 Å². The third-order valence-corrected chi connectivity index (χ3v) is 3.20. The fraction of sp³-hybridized carbons (Fsp3) is 0.200. The molecular weight excluding hydrogens is 445 g/mol. The molecule has 0 saturated heterocycles. The van der Waals surface area contributed by atoms with Crippen molar-refractivity contribution in [2.24, 2.45) is 5.16 Å². The molecule has 1 aromatic carbocycles. The molecule has 178 valence electrons. The van der Waals surface area contributed by atoms with E-state index in [1.165, 1.54) is 12.1 Å². The van der Waals surface area contributed by atoms with Gasteiger partial charge in [0, 0.05) is 30.1 Å². The summed E-state index contributed by atoms with van der Waals surface area (Å²) in [5.74, 6) is -7.58. The largest absolute Gasteiger partial charge is 0.473 e. The van der Waals surface area contributed by atoms with Crippen molar-refractivity contribution in [2.75, 3.05) is 27.2 Å². The highest BCUT2D eigenvalue weighted by atomic mass is 19.1. The van der Waals surface area contributed by atoms with Crippen LogP contribution in [0.15, 0.2) is 53.9 Å². The van der Waals surface area contributed by atoms with E-state index in [0.29, 0.717) is 12.3 Å². The molecule has 12 nitrogen and oxygen atoms in total. The van der Waals surface area contributed by atoms with Crippen LogP contribution in [-0.2, 0) is 24.0 Å². The summed E-state index contributed by atoms with van der Waals surface area (Å²) in [6.07, 6.45) is 3.40. The summed E-state index contributed by atoms with van der Waals surface area (Å²) in [4.78, 5) is 47.9. The number of hydrogen-bond acceptors (Lipinski definition) is 8. The molecule has 0 atom stereocenters. The van der Waals surface area contributed by atoms with Crippen molar-refractivity contribution in [3.63, 3.8) is 0 Å². The number of hydrogen-bond donors (Lipinski definition) is 4. The van der Waals surface area contributed by atoms with E-state index in [9.17, 15) is 4.39 Å². The molecule has 0 aliphatic carbocycles. The van der Waals surface area contributed by atoms with Gasteiger partial charge in [-0.3, -0.25) is 4.98 Å². The summed E-state index contributed by atoms with van der Waals surface area (Å²) in [7, 11) is 3.93. The topological polar surface area (TPSA) is 187 Å².